The number of fused-ring (bicyclic) bond motifs is 1. The highest BCUT2D eigenvalue weighted by Gasteiger charge is 2.28. The molecule has 0 fully saturated rings. The van der Waals surface area contributed by atoms with E-state index in [-0.39, 0.29) is 24.4 Å². The van der Waals surface area contributed by atoms with Crippen LogP contribution in [0.5, 0.6) is 0 Å². The fraction of sp³-hybridized carbons (Fsp3) is 0.385. The second kappa shape index (κ2) is 11.2. The third-order valence-electron chi connectivity index (χ3n) is 5.81. The summed E-state index contributed by atoms with van der Waals surface area (Å²) in [6, 6.07) is 16.1. The number of rotatable bonds is 11. The number of halogens is 1. The van der Waals surface area contributed by atoms with Crippen molar-refractivity contribution in [3.05, 3.63) is 72.1 Å². The zero-order valence-corrected chi connectivity index (χ0v) is 19.5. The van der Waals surface area contributed by atoms with Gasteiger partial charge in [-0.25, -0.2) is 9.37 Å². The number of amides is 1. The van der Waals surface area contributed by atoms with Gasteiger partial charge in [0, 0.05) is 5.92 Å². The third-order valence-corrected chi connectivity index (χ3v) is 5.81. The van der Waals surface area contributed by atoms with Crippen LogP contribution in [0.3, 0.4) is 0 Å². The molecule has 0 saturated carbocycles. The minimum Gasteiger partial charge on any atom is -0.391 e. The molecule has 0 bridgehead atoms. The van der Waals surface area contributed by atoms with Crippen LogP contribution in [-0.2, 0) is 6.42 Å². The van der Waals surface area contributed by atoms with Gasteiger partial charge in [0.15, 0.2) is 0 Å². The number of hydrogen-bond donors (Lipinski definition) is 4. The van der Waals surface area contributed by atoms with E-state index in [0.29, 0.717) is 23.9 Å². The van der Waals surface area contributed by atoms with Crippen molar-refractivity contribution in [2.45, 2.75) is 57.3 Å². The number of benzene rings is 2. The minimum atomic E-state index is -1.40. The van der Waals surface area contributed by atoms with Crippen LogP contribution in [0.15, 0.2) is 60.8 Å². The Hall–Kier alpha value is -3.39. The van der Waals surface area contributed by atoms with Gasteiger partial charge >= 0.3 is 0 Å². The van der Waals surface area contributed by atoms with Crippen molar-refractivity contribution < 1.29 is 14.3 Å². The van der Waals surface area contributed by atoms with Crippen molar-refractivity contribution in [3.63, 3.8) is 0 Å². The van der Waals surface area contributed by atoms with E-state index in [1.807, 2.05) is 48.5 Å². The van der Waals surface area contributed by atoms with E-state index in [9.17, 15) is 14.3 Å². The smallest absolute Gasteiger partial charge is 0.271 e. The van der Waals surface area contributed by atoms with Gasteiger partial charge < -0.3 is 16.2 Å². The van der Waals surface area contributed by atoms with Crippen LogP contribution in [0.2, 0.25) is 0 Å². The van der Waals surface area contributed by atoms with Gasteiger partial charge in [0.1, 0.15) is 11.4 Å². The topological polar surface area (TPSA) is 125 Å². The number of carbonyl (C=O) groups excluding carboxylic acids is 1. The molecule has 7 nitrogen and oxygen atoms in total. The molecular weight excluding hydrogens is 433 g/mol. The van der Waals surface area contributed by atoms with Crippen molar-refractivity contribution in [2.24, 2.45) is 11.7 Å². The Labute approximate surface area is 199 Å². The largest absolute Gasteiger partial charge is 0.391 e. The lowest BCUT2D eigenvalue weighted by Gasteiger charge is -2.28. The lowest BCUT2D eigenvalue weighted by Crippen LogP contribution is -2.46. The van der Waals surface area contributed by atoms with E-state index in [1.54, 1.807) is 6.07 Å². The summed E-state index contributed by atoms with van der Waals surface area (Å²) in [6.07, 6.45) is 1.45. The molecule has 8 heteroatoms. The third kappa shape index (κ3) is 7.31. The summed E-state index contributed by atoms with van der Waals surface area (Å²) in [5.41, 5.74) is 6.71. The Bertz CT molecular complexity index is 1120. The Morgan fingerprint density at radius 1 is 1.15 bits per heavy atom. The zero-order chi connectivity index (χ0) is 24.7. The molecule has 34 heavy (non-hydrogen) atoms. The molecule has 0 radical (unpaired) electrons. The van der Waals surface area contributed by atoms with Crippen LogP contribution in [0.25, 0.3) is 11.0 Å². The summed E-state index contributed by atoms with van der Waals surface area (Å²) < 4.78 is 14.0. The van der Waals surface area contributed by atoms with Crippen molar-refractivity contribution in [1.29, 1.82) is 5.41 Å². The van der Waals surface area contributed by atoms with Crippen LogP contribution < -0.4 is 11.1 Å². The molecular formula is C26H32FN5O2. The minimum absolute atomic E-state index is 0.103. The van der Waals surface area contributed by atoms with Crippen molar-refractivity contribution in [1.82, 2.24) is 15.3 Å². The Kier molecular flexibility index (Phi) is 8.28. The number of carbonyl (C=O) groups is 1. The second-order valence-corrected chi connectivity index (χ2v) is 9.23. The lowest BCUT2D eigenvalue weighted by molar-refractivity contribution is 0.0774. The number of para-hydroxylation sites is 2. The van der Waals surface area contributed by atoms with Crippen LogP contribution in [-0.4, -0.2) is 44.6 Å². The normalized spacial score (nSPS) is 14.4. The number of alkyl halides is 1. The molecule has 0 saturated heterocycles. The number of aliphatic hydroxyl groups excluding tert-OH is 1. The maximum Gasteiger partial charge on any atom is 0.271 e. The van der Waals surface area contributed by atoms with E-state index in [1.165, 1.54) is 20.0 Å². The zero-order valence-electron chi connectivity index (χ0n) is 19.5. The maximum absolute atomic E-state index is 14.0. The highest BCUT2D eigenvalue weighted by atomic mass is 19.1. The predicted octanol–water partition coefficient (Wildman–Crippen LogP) is 3.80. The van der Waals surface area contributed by atoms with Gasteiger partial charge in [0.25, 0.3) is 5.91 Å². The summed E-state index contributed by atoms with van der Waals surface area (Å²) >= 11 is 0. The molecule has 3 unspecified atom stereocenters. The number of aromatic nitrogens is 2. The van der Waals surface area contributed by atoms with Crippen LogP contribution in [0.4, 0.5) is 4.39 Å². The first kappa shape index (κ1) is 25.2. The highest BCUT2D eigenvalue weighted by Crippen LogP contribution is 2.24. The molecule has 0 aliphatic carbocycles. The molecule has 1 heterocycles. The quantitative estimate of drug-likeness (QED) is 0.253. The molecule has 0 aliphatic heterocycles. The molecule has 3 atom stereocenters. The number of nitrogens with two attached hydrogens (primary N) is 1. The summed E-state index contributed by atoms with van der Waals surface area (Å²) in [5.74, 6) is -1.06. The fourth-order valence-corrected chi connectivity index (χ4v) is 3.83. The SMILES string of the molecule is CC(C)(F)CCC(CC(O)C(Cc1ccccc1)NC(=O)c1cnc2ccccc2n1)C(=N)N. The van der Waals surface area contributed by atoms with Gasteiger partial charge in [-0.2, -0.15) is 0 Å². The number of amidine groups is 1. The van der Waals surface area contributed by atoms with Gasteiger partial charge in [0.05, 0.1) is 35.2 Å². The molecule has 1 aromatic heterocycles. The molecule has 2 aromatic carbocycles. The average molecular weight is 466 g/mol. The molecule has 3 aromatic rings. The molecule has 5 N–H and O–H groups in total. The molecule has 3 rings (SSSR count). The van der Waals surface area contributed by atoms with E-state index in [0.717, 1.165) is 5.56 Å². The summed E-state index contributed by atoms with van der Waals surface area (Å²) in [7, 11) is 0. The number of nitrogens with zero attached hydrogens (tertiary/aromatic N) is 2. The summed E-state index contributed by atoms with van der Waals surface area (Å²) in [5, 5.41) is 21.9. The summed E-state index contributed by atoms with van der Waals surface area (Å²) in [6.45, 7) is 2.95. The van der Waals surface area contributed by atoms with Crippen LogP contribution >= 0.6 is 0 Å². The number of aliphatic hydroxyl groups is 1. The molecule has 1 amide bonds. The molecule has 0 spiro atoms. The predicted molar refractivity (Wildman–Crippen MR) is 131 cm³/mol. The van der Waals surface area contributed by atoms with E-state index in [4.69, 9.17) is 11.1 Å². The van der Waals surface area contributed by atoms with Gasteiger partial charge in [0.2, 0.25) is 0 Å². The summed E-state index contributed by atoms with van der Waals surface area (Å²) in [4.78, 5) is 21.7. The second-order valence-electron chi connectivity index (χ2n) is 9.23. The van der Waals surface area contributed by atoms with Gasteiger partial charge in [-0.15, -0.1) is 0 Å². The first-order chi connectivity index (χ1) is 16.1. The van der Waals surface area contributed by atoms with Gasteiger partial charge in [-0.1, -0.05) is 42.5 Å². The standard InChI is InChI=1S/C26H32FN5O2/c1-26(2,27)13-12-18(24(28)29)15-23(33)21(14-17-8-4-3-5-9-17)32-25(34)22-16-30-19-10-6-7-11-20(19)31-22/h3-11,16,18,21,23,33H,12-15H2,1-2H3,(H3,28,29)(H,32,34). The van der Waals surface area contributed by atoms with E-state index >= 15 is 0 Å². The average Bonchev–Trinajstić information content (AvgIpc) is 2.80. The van der Waals surface area contributed by atoms with Crippen LogP contribution in [0.1, 0.15) is 49.2 Å². The van der Waals surface area contributed by atoms with Crippen molar-refractivity contribution in [3.8, 4) is 0 Å². The highest BCUT2D eigenvalue weighted by molar-refractivity contribution is 5.94. The Morgan fingerprint density at radius 2 is 1.79 bits per heavy atom. The molecule has 180 valence electrons. The monoisotopic (exact) mass is 465 g/mol. The van der Waals surface area contributed by atoms with Gasteiger partial charge in [-0.3, -0.25) is 15.2 Å². The first-order valence-corrected chi connectivity index (χ1v) is 11.4. The Morgan fingerprint density at radius 3 is 2.44 bits per heavy atom. The molecule has 0 aliphatic rings. The van der Waals surface area contributed by atoms with Crippen LogP contribution in [0, 0.1) is 11.3 Å². The van der Waals surface area contributed by atoms with Gasteiger partial charge in [-0.05, 0) is 57.2 Å². The first-order valence-electron chi connectivity index (χ1n) is 11.4. The van der Waals surface area contributed by atoms with Crippen molar-refractivity contribution >= 4 is 22.8 Å². The fourth-order valence-electron chi connectivity index (χ4n) is 3.83. The van der Waals surface area contributed by atoms with E-state index in [2.05, 4.69) is 15.3 Å². The Balaban J connectivity index is 1.78. The lowest BCUT2D eigenvalue weighted by atomic mass is 9.87. The maximum atomic E-state index is 14.0. The number of nitrogens with one attached hydrogen (secondary N) is 2. The van der Waals surface area contributed by atoms with Crippen molar-refractivity contribution in [2.75, 3.05) is 0 Å². The van der Waals surface area contributed by atoms with E-state index < -0.39 is 29.6 Å². The number of hydrogen-bond acceptors (Lipinski definition) is 5.